The number of thiophene rings is 1. The summed E-state index contributed by atoms with van der Waals surface area (Å²) in [6.07, 6.45) is 0. The Morgan fingerprint density at radius 2 is 1.73 bits per heavy atom. The predicted molar refractivity (Wildman–Crippen MR) is 105 cm³/mol. The van der Waals surface area contributed by atoms with Crippen LogP contribution in [0.4, 0.5) is 0 Å². The Labute approximate surface area is 161 Å². The minimum Gasteiger partial charge on any atom is -0.273 e. The zero-order chi connectivity index (χ0) is 18.9. The molecule has 1 aromatic heterocycles. The van der Waals surface area contributed by atoms with Crippen LogP contribution in [-0.2, 0) is 10.0 Å². The van der Waals surface area contributed by atoms with Gasteiger partial charge in [-0.1, -0.05) is 55.8 Å². The molecule has 1 heterocycles. The summed E-state index contributed by atoms with van der Waals surface area (Å²) in [5.74, 6) is -0.298. The molecule has 2 aromatic carbocycles. The highest BCUT2D eigenvalue weighted by Crippen LogP contribution is 2.34. The Morgan fingerprint density at radius 1 is 1.08 bits per heavy atom. The third kappa shape index (κ3) is 3.76. The highest BCUT2D eigenvalue weighted by molar-refractivity contribution is 7.89. The second kappa shape index (κ2) is 7.36. The van der Waals surface area contributed by atoms with Gasteiger partial charge in [-0.05, 0) is 29.7 Å². The summed E-state index contributed by atoms with van der Waals surface area (Å²) < 4.78 is 25.6. The number of fused-ring (bicyclic) bond motifs is 1. The number of halogens is 1. The maximum Gasteiger partial charge on any atom is 0.277 e. The lowest BCUT2D eigenvalue weighted by molar-refractivity contribution is 0.0949. The Hall–Kier alpha value is -1.93. The van der Waals surface area contributed by atoms with E-state index >= 15 is 0 Å². The second-order valence-corrected chi connectivity index (χ2v) is 9.14. The molecule has 26 heavy (non-hydrogen) atoms. The number of hydrogen-bond donors (Lipinski definition) is 2. The van der Waals surface area contributed by atoms with Crippen molar-refractivity contribution in [2.24, 2.45) is 0 Å². The van der Waals surface area contributed by atoms with Crippen molar-refractivity contribution in [3.63, 3.8) is 0 Å². The minimum atomic E-state index is -3.87. The second-order valence-electron chi connectivity index (χ2n) is 6.02. The molecule has 136 valence electrons. The normalized spacial score (nSPS) is 11.8. The SMILES string of the molecule is CC(C)c1ccc(S(=O)(=O)NNC(=O)c2sc3ccccc3c2Cl)cc1. The number of carbonyl (C=O) groups is 1. The van der Waals surface area contributed by atoms with Crippen molar-refractivity contribution in [3.05, 3.63) is 64.0 Å². The van der Waals surface area contributed by atoms with Crippen molar-refractivity contribution in [1.82, 2.24) is 10.3 Å². The van der Waals surface area contributed by atoms with Gasteiger partial charge in [0, 0.05) is 10.1 Å². The van der Waals surface area contributed by atoms with E-state index in [9.17, 15) is 13.2 Å². The zero-order valence-electron chi connectivity index (χ0n) is 14.1. The van der Waals surface area contributed by atoms with Crippen molar-refractivity contribution >= 4 is 49.0 Å². The quantitative estimate of drug-likeness (QED) is 0.618. The fourth-order valence-electron chi connectivity index (χ4n) is 2.42. The van der Waals surface area contributed by atoms with Crippen LogP contribution >= 0.6 is 22.9 Å². The maximum absolute atomic E-state index is 12.4. The van der Waals surface area contributed by atoms with E-state index in [0.717, 1.165) is 15.6 Å². The molecule has 0 radical (unpaired) electrons. The summed E-state index contributed by atoms with van der Waals surface area (Å²) >= 11 is 7.44. The minimum absolute atomic E-state index is 0.0737. The summed E-state index contributed by atoms with van der Waals surface area (Å²) in [5.41, 5.74) is 3.26. The van der Waals surface area contributed by atoms with Gasteiger partial charge in [0.1, 0.15) is 4.88 Å². The number of carbonyl (C=O) groups excluding carboxylic acids is 1. The fraction of sp³-hybridized carbons (Fsp3) is 0.167. The largest absolute Gasteiger partial charge is 0.277 e. The van der Waals surface area contributed by atoms with Crippen LogP contribution in [0.3, 0.4) is 0 Å². The van der Waals surface area contributed by atoms with Gasteiger partial charge in [0.05, 0.1) is 9.92 Å². The predicted octanol–water partition coefficient (Wildman–Crippen LogP) is 4.30. The molecule has 3 aromatic rings. The number of benzene rings is 2. The summed E-state index contributed by atoms with van der Waals surface area (Å²) in [6, 6.07) is 13.9. The molecular formula is C18H17ClN2O3S2. The average Bonchev–Trinajstić information content (AvgIpc) is 2.97. The smallest absolute Gasteiger partial charge is 0.273 e. The Balaban J connectivity index is 1.76. The molecule has 0 atom stereocenters. The lowest BCUT2D eigenvalue weighted by atomic mass is 10.0. The van der Waals surface area contributed by atoms with Crippen molar-refractivity contribution in [1.29, 1.82) is 0 Å². The van der Waals surface area contributed by atoms with Crippen LogP contribution < -0.4 is 10.3 Å². The third-order valence-electron chi connectivity index (χ3n) is 3.90. The molecule has 0 fully saturated rings. The standard InChI is InChI=1S/C18H17ClN2O3S2/c1-11(2)12-7-9-13(10-8-12)26(23,24)21-20-18(22)17-16(19)14-5-3-4-6-15(14)25-17/h3-11,21H,1-2H3,(H,20,22). The van der Waals surface area contributed by atoms with Crippen molar-refractivity contribution in [3.8, 4) is 0 Å². The first-order valence-electron chi connectivity index (χ1n) is 7.89. The molecule has 0 saturated carbocycles. The highest BCUT2D eigenvalue weighted by Gasteiger charge is 2.20. The summed E-state index contributed by atoms with van der Waals surface area (Å²) in [6.45, 7) is 4.05. The Bertz CT molecular complexity index is 1060. The third-order valence-corrected chi connectivity index (χ3v) is 6.83. The number of amides is 1. The molecule has 0 saturated heterocycles. The summed E-state index contributed by atoms with van der Waals surface area (Å²) in [4.78, 5) is 14.8. The number of hydrazine groups is 1. The van der Waals surface area contributed by atoms with E-state index in [2.05, 4.69) is 10.3 Å². The first-order chi connectivity index (χ1) is 12.3. The molecular weight excluding hydrogens is 392 g/mol. The van der Waals surface area contributed by atoms with E-state index in [-0.39, 0.29) is 9.77 Å². The topological polar surface area (TPSA) is 75.3 Å². The van der Waals surface area contributed by atoms with Crippen molar-refractivity contribution in [2.75, 3.05) is 0 Å². The molecule has 0 bridgehead atoms. The van der Waals surface area contributed by atoms with Crippen LogP contribution in [0.15, 0.2) is 53.4 Å². The summed E-state index contributed by atoms with van der Waals surface area (Å²) in [5, 5.41) is 1.07. The van der Waals surface area contributed by atoms with Crippen LogP contribution in [0.25, 0.3) is 10.1 Å². The average molecular weight is 409 g/mol. The number of sulfonamides is 1. The van der Waals surface area contributed by atoms with Crippen molar-refractivity contribution < 1.29 is 13.2 Å². The molecule has 0 aliphatic rings. The van der Waals surface area contributed by atoms with Gasteiger partial charge in [-0.2, -0.15) is 0 Å². The van der Waals surface area contributed by atoms with Crippen LogP contribution in [0.1, 0.15) is 35.0 Å². The van der Waals surface area contributed by atoms with Gasteiger partial charge in [0.2, 0.25) is 0 Å². The van der Waals surface area contributed by atoms with Gasteiger partial charge in [-0.25, -0.2) is 8.42 Å². The van der Waals surface area contributed by atoms with Gasteiger partial charge >= 0.3 is 0 Å². The van der Waals surface area contributed by atoms with Crippen LogP contribution in [0.2, 0.25) is 5.02 Å². The molecule has 1 amide bonds. The molecule has 3 rings (SSSR count). The van der Waals surface area contributed by atoms with Gasteiger partial charge in [0.15, 0.2) is 0 Å². The van der Waals surface area contributed by atoms with Crippen LogP contribution in [-0.4, -0.2) is 14.3 Å². The first kappa shape index (κ1) is 18.8. The molecule has 2 N–H and O–H groups in total. The number of hydrogen-bond acceptors (Lipinski definition) is 4. The van der Waals surface area contributed by atoms with E-state index in [0.29, 0.717) is 10.9 Å². The van der Waals surface area contributed by atoms with E-state index < -0.39 is 15.9 Å². The highest BCUT2D eigenvalue weighted by atomic mass is 35.5. The molecule has 0 unspecified atom stereocenters. The first-order valence-corrected chi connectivity index (χ1v) is 10.6. The molecule has 0 aliphatic carbocycles. The van der Waals surface area contributed by atoms with E-state index in [4.69, 9.17) is 11.6 Å². The molecule has 0 spiro atoms. The lowest BCUT2D eigenvalue weighted by Crippen LogP contribution is -2.41. The van der Waals surface area contributed by atoms with Gasteiger partial charge in [-0.15, -0.1) is 16.2 Å². The zero-order valence-corrected chi connectivity index (χ0v) is 16.5. The van der Waals surface area contributed by atoms with E-state index in [1.165, 1.54) is 23.5 Å². The Kier molecular flexibility index (Phi) is 5.34. The van der Waals surface area contributed by atoms with Crippen molar-refractivity contribution in [2.45, 2.75) is 24.7 Å². The number of nitrogens with one attached hydrogen (secondary N) is 2. The van der Waals surface area contributed by atoms with E-state index in [1.54, 1.807) is 12.1 Å². The van der Waals surface area contributed by atoms with Gasteiger partial charge < -0.3 is 0 Å². The lowest BCUT2D eigenvalue weighted by Gasteiger charge is -2.10. The van der Waals surface area contributed by atoms with Gasteiger partial charge in [-0.3, -0.25) is 10.2 Å². The molecule has 8 heteroatoms. The fourth-order valence-corrected chi connectivity index (χ4v) is 4.67. The number of rotatable bonds is 5. The molecule has 0 aliphatic heterocycles. The molecule has 5 nitrogen and oxygen atoms in total. The van der Waals surface area contributed by atoms with Crippen LogP contribution in [0, 0.1) is 0 Å². The van der Waals surface area contributed by atoms with Gasteiger partial charge in [0.25, 0.3) is 15.9 Å². The maximum atomic E-state index is 12.4. The van der Waals surface area contributed by atoms with E-state index in [1.807, 2.05) is 38.1 Å². The Morgan fingerprint density at radius 3 is 2.35 bits per heavy atom. The monoisotopic (exact) mass is 408 g/mol. The summed E-state index contributed by atoms with van der Waals surface area (Å²) in [7, 11) is -3.87. The van der Waals surface area contributed by atoms with Crippen LogP contribution in [0.5, 0.6) is 0 Å².